The lowest BCUT2D eigenvalue weighted by Gasteiger charge is -2.31. The van der Waals surface area contributed by atoms with Gasteiger partial charge in [-0.15, -0.1) is 0 Å². The fourth-order valence-corrected chi connectivity index (χ4v) is 4.98. The predicted molar refractivity (Wildman–Crippen MR) is 138 cm³/mol. The molecule has 1 saturated heterocycles. The largest absolute Gasteiger partial charge is 0.335 e. The van der Waals surface area contributed by atoms with E-state index < -0.39 is 0 Å². The quantitative estimate of drug-likeness (QED) is 0.481. The van der Waals surface area contributed by atoms with Gasteiger partial charge < -0.3 is 9.80 Å². The molecule has 4 nitrogen and oxygen atoms in total. The Balaban J connectivity index is 1.71. The van der Waals surface area contributed by atoms with E-state index in [0.717, 1.165) is 67.5 Å². The van der Waals surface area contributed by atoms with Gasteiger partial charge in [0.15, 0.2) is 0 Å². The summed E-state index contributed by atoms with van der Waals surface area (Å²) in [4.78, 5) is 22.3. The molecule has 1 aliphatic carbocycles. The van der Waals surface area contributed by atoms with E-state index in [1.54, 1.807) is 6.07 Å². The lowest BCUT2D eigenvalue weighted by Crippen LogP contribution is -2.43. The van der Waals surface area contributed by atoms with Crippen molar-refractivity contribution in [2.24, 2.45) is 4.99 Å². The lowest BCUT2D eigenvalue weighted by molar-refractivity contribution is -0.125. The van der Waals surface area contributed by atoms with Crippen LogP contribution in [0.15, 0.2) is 52.4 Å². The molecule has 3 aliphatic rings. The lowest BCUT2D eigenvalue weighted by atomic mass is 9.97. The molecule has 1 aromatic carbocycles. The molecule has 0 spiro atoms. The highest BCUT2D eigenvalue weighted by atomic mass is 19.1. The SMILES string of the molecule is CCC1=CC(C(=O)N2CCCCC[C@H]2C)=N/C(=C/C(=C(C)C)c2ccc(C3CC3)cc2F)N1C. The molecule has 4 rings (SSSR count). The number of benzene rings is 1. The van der Waals surface area contributed by atoms with E-state index in [1.807, 2.05) is 48.9 Å². The van der Waals surface area contributed by atoms with Crippen molar-refractivity contribution in [1.82, 2.24) is 9.80 Å². The van der Waals surface area contributed by atoms with Crippen molar-refractivity contribution in [3.8, 4) is 0 Å². The number of halogens is 1. The van der Waals surface area contributed by atoms with Crippen LogP contribution < -0.4 is 0 Å². The first-order chi connectivity index (χ1) is 16.3. The summed E-state index contributed by atoms with van der Waals surface area (Å²) in [5, 5.41) is 0. The molecule has 2 fully saturated rings. The Bertz CT molecular complexity index is 1070. The molecule has 34 heavy (non-hydrogen) atoms. The van der Waals surface area contributed by atoms with Crippen LogP contribution in [-0.2, 0) is 4.79 Å². The van der Waals surface area contributed by atoms with Crippen molar-refractivity contribution >= 4 is 17.2 Å². The molecule has 0 N–H and O–H groups in total. The number of nitrogens with zero attached hydrogens (tertiary/aromatic N) is 3. The van der Waals surface area contributed by atoms with Crippen LogP contribution >= 0.6 is 0 Å². The van der Waals surface area contributed by atoms with Crippen molar-refractivity contribution in [3.05, 3.63) is 64.4 Å². The minimum Gasteiger partial charge on any atom is -0.335 e. The van der Waals surface area contributed by atoms with Gasteiger partial charge in [-0.05, 0) is 88.1 Å². The summed E-state index contributed by atoms with van der Waals surface area (Å²) in [6.07, 6.45) is 11.3. The van der Waals surface area contributed by atoms with Crippen molar-refractivity contribution in [3.63, 3.8) is 0 Å². The number of carbonyl (C=O) groups excluding carboxylic acids is 1. The summed E-state index contributed by atoms with van der Waals surface area (Å²) in [5.41, 5.74) is 5.01. The van der Waals surface area contributed by atoms with Gasteiger partial charge in [0.25, 0.3) is 5.91 Å². The second-order valence-corrected chi connectivity index (χ2v) is 10.2. The van der Waals surface area contributed by atoms with Gasteiger partial charge in [-0.2, -0.15) is 0 Å². The molecular weight excluding hydrogens is 425 g/mol. The third-order valence-electron chi connectivity index (χ3n) is 7.35. The molecule has 0 aromatic heterocycles. The second-order valence-electron chi connectivity index (χ2n) is 10.2. The number of amides is 1. The van der Waals surface area contributed by atoms with Crippen molar-refractivity contribution in [1.29, 1.82) is 0 Å². The van der Waals surface area contributed by atoms with E-state index in [-0.39, 0.29) is 17.8 Å². The summed E-state index contributed by atoms with van der Waals surface area (Å²) in [5.74, 6) is 0.990. The molecule has 1 aromatic rings. The van der Waals surface area contributed by atoms with E-state index in [9.17, 15) is 4.79 Å². The summed E-state index contributed by atoms with van der Waals surface area (Å²) in [6.45, 7) is 8.99. The third kappa shape index (κ3) is 5.18. The molecule has 2 heterocycles. The van der Waals surface area contributed by atoms with Crippen LogP contribution in [-0.4, -0.2) is 41.1 Å². The van der Waals surface area contributed by atoms with Crippen LogP contribution in [0.3, 0.4) is 0 Å². The first kappa shape index (κ1) is 24.4. The fourth-order valence-electron chi connectivity index (χ4n) is 4.98. The first-order valence-electron chi connectivity index (χ1n) is 12.8. The molecular formula is C29H38FN3O. The van der Waals surface area contributed by atoms with E-state index in [1.165, 1.54) is 6.42 Å². The number of hydrogen-bond acceptors (Lipinski definition) is 3. The van der Waals surface area contributed by atoms with Gasteiger partial charge in [-0.25, -0.2) is 9.38 Å². The Labute approximate surface area is 203 Å². The van der Waals surface area contributed by atoms with Crippen molar-refractivity contribution < 1.29 is 9.18 Å². The first-order valence-corrected chi connectivity index (χ1v) is 12.8. The van der Waals surface area contributed by atoms with Gasteiger partial charge >= 0.3 is 0 Å². The second kappa shape index (κ2) is 10.3. The molecule has 0 unspecified atom stereocenters. The topological polar surface area (TPSA) is 35.9 Å². The molecule has 2 aliphatic heterocycles. The maximum Gasteiger partial charge on any atom is 0.272 e. The van der Waals surface area contributed by atoms with E-state index in [4.69, 9.17) is 4.99 Å². The maximum atomic E-state index is 15.2. The average molecular weight is 464 g/mol. The van der Waals surface area contributed by atoms with Crippen LogP contribution in [0.2, 0.25) is 0 Å². The number of likely N-dealkylation sites (tertiary alicyclic amines) is 1. The van der Waals surface area contributed by atoms with Crippen molar-refractivity contribution in [2.45, 2.75) is 84.6 Å². The minimum atomic E-state index is -0.194. The number of allylic oxidation sites excluding steroid dienone is 4. The van der Waals surface area contributed by atoms with Crippen molar-refractivity contribution in [2.75, 3.05) is 13.6 Å². The number of rotatable bonds is 5. The minimum absolute atomic E-state index is 0.00179. The number of hydrogen-bond donors (Lipinski definition) is 0. The molecule has 0 radical (unpaired) electrons. The fraction of sp³-hybridized carbons (Fsp3) is 0.517. The van der Waals surface area contributed by atoms with E-state index in [2.05, 4.69) is 19.9 Å². The van der Waals surface area contributed by atoms with Crippen LogP contribution in [0.4, 0.5) is 4.39 Å². The van der Waals surface area contributed by atoms with Gasteiger partial charge in [0, 0.05) is 30.9 Å². The Morgan fingerprint density at radius 1 is 1.18 bits per heavy atom. The number of aliphatic imine (C=N–C) groups is 1. The highest BCUT2D eigenvalue weighted by molar-refractivity contribution is 6.43. The van der Waals surface area contributed by atoms with E-state index >= 15 is 4.39 Å². The maximum absolute atomic E-state index is 15.2. The molecule has 1 atom stereocenters. The van der Waals surface area contributed by atoms with Gasteiger partial charge in [0.05, 0.1) is 0 Å². The molecule has 1 saturated carbocycles. The molecule has 182 valence electrons. The molecule has 5 heteroatoms. The summed E-state index contributed by atoms with van der Waals surface area (Å²) >= 11 is 0. The molecule has 1 amide bonds. The van der Waals surface area contributed by atoms with Gasteiger partial charge in [0.1, 0.15) is 17.3 Å². The number of carbonyl (C=O) groups is 1. The zero-order valence-electron chi connectivity index (χ0n) is 21.3. The Morgan fingerprint density at radius 2 is 1.94 bits per heavy atom. The van der Waals surface area contributed by atoms with Crippen LogP contribution in [0, 0.1) is 5.82 Å². The normalized spacial score (nSPS) is 22.3. The van der Waals surface area contributed by atoms with E-state index in [0.29, 0.717) is 23.0 Å². The zero-order valence-corrected chi connectivity index (χ0v) is 21.3. The van der Waals surface area contributed by atoms with Gasteiger partial charge in [-0.1, -0.05) is 37.5 Å². The van der Waals surface area contributed by atoms with Gasteiger partial charge in [0.2, 0.25) is 0 Å². The standard InChI is InChI=1S/C29H38FN3O/c1-6-23-17-27(29(34)33-15-9-7-8-10-20(33)4)31-28(32(23)5)18-25(19(2)3)24-14-13-22(16-26(24)30)21-11-12-21/h13-14,16-18,20-21H,6-12,15H2,1-5H3/b28-18-/t20-/m1/s1. The van der Waals surface area contributed by atoms with Gasteiger partial charge in [-0.3, -0.25) is 4.79 Å². The third-order valence-corrected chi connectivity index (χ3v) is 7.35. The Morgan fingerprint density at radius 3 is 2.59 bits per heavy atom. The monoisotopic (exact) mass is 463 g/mol. The highest BCUT2D eigenvalue weighted by Crippen LogP contribution is 2.41. The Hall–Kier alpha value is -2.69. The summed E-state index contributed by atoms with van der Waals surface area (Å²) < 4.78 is 15.2. The smallest absolute Gasteiger partial charge is 0.272 e. The van der Waals surface area contributed by atoms with Crippen LogP contribution in [0.1, 0.15) is 89.7 Å². The summed E-state index contributed by atoms with van der Waals surface area (Å²) in [6, 6.07) is 5.86. The zero-order chi connectivity index (χ0) is 24.4. The highest BCUT2D eigenvalue weighted by Gasteiger charge is 2.28. The van der Waals surface area contributed by atoms with Crippen LogP contribution in [0.5, 0.6) is 0 Å². The average Bonchev–Trinajstić information content (AvgIpc) is 3.66. The Kier molecular flexibility index (Phi) is 7.39. The molecule has 0 bridgehead atoms. The van der Waals surface area contributed by atoms with Crippen LogP contribution in [0.25, 0.3) is 5.57 Å². The predicted octanol–water partition coefficient (Wildman–Crippen LogP) is 6.81. The summed E-state index contributed by atoms with van der Waals surface area (Å²) in [7, 11) is 1.97.